The first-order chi connectivity index (χ1) is 13.9. The first kappa shape index (κ1) is 21.4. The molecule has 1 aliphatic rings. The first-order valence-electron chi connectivity index (χ1n) is 8.85. The number of thiophene rings is 1. The Labute approximate surface area is 171 Å². The molecule has 1 aromatic carbocycles. The smallest absolute Gasteiger partial charge is 0.229 e. The zero-order valence-corrected chi connectivity index (χ0v) is 16.4. The number of carbonyl (C=O) groups is 1. The Hall–Kier alpha value is -2.27. The lowest BCUT2D eigenvalue weighted by molar-refractivity contribution is -0.277. The number of hydrogen-bond donors (Lipinski definition) is 4. The maximum atomic E-state index is 12.6. The number of hydrogen-bond acceptors (Lipinski definition) is 9. The van der Waals surface area contributed by atoms with Gasteiger partial charge in [-0.2, -0.15) is 0 Å². The van der Waals surface area contributed by atoms with Crippen molar-refractivity contribution in [1.82, 2.24) is 0 Å². The fourth-order valence-electron chi connectivity index (χ4n) is 2.82. The van der Waals surface area contributed by atoms with Gasteiger partial charge in [-0.15, -0.1) is 11.3 Å². The van der Waals surface area contributed by atoms with E-state index in [0.717, 1.165) is 16.9 Å². The summed E-state index contributed by atoms with van der Waals surface area (Å²) >= 11 is 1.15. The van der Waals surface area contributed by atoms with Gasteiger partial charge in [0.1, 0.15) is 40.8 Å². The molecule has 5 unspecified atom stereocenters. The van der Waals surface area contributed by atoms with E-state index in [1.165, 1.54) is 6.08 Å². The summed E-state index contributed by atoms with van der Waals surface area (Å²) in [5, 5.41) is 40.7. The third-order valence-electron chi connectivity index (χ3n) is 4.49. The SMILES string of the molecule is COc1ccc(/C=C/C(=O)c2sccc2OC2OC(CO)C(O)C(O)C2O)cc1. The number of methoxy groups -OCH3 is 1. The predicted molar refractivity (Wildman–Crippen MR) is 105 cm³/mol. The van der Waals surface area contributed by atoms with Crippen LogP contribution in [-0.4, -0.2) is 70.6 Å². The summed E-state index contributed by atoms with van der Waals surface area (Å²) in [5.74, 6) is 0.570. The number of ketones is 1. The molecule has 0 amide bonds. The normalized spacial score (nSPS) is 27.1. The number of allylic oxidation sites excluding steroid dienone is 1. The second kappa shape index (κ2) is 9.49. The van der Waals surface area contributed by atoms with E-state index >= 15 is 0 Å². The van der Waals surface area contributed by atoms with Crippen LogP contribution in [0.25, 0.3) is 6.08 Å². The van der Waals surface area contributed by atoms with Crippen molar-refractivity contribution < 1.29 is 39.4 Å². The van der Waals surface area contributed by atoms with Crippen LogP contribution >= 0.6 is 11.3 Å². The molecule has 29 heavy (non-hydrogen) atoms. The van der Waals surface area contributed by atoms with Crippen molar-refractivity contribution in [2.24, 2.45) is 0 Å². The van der Waals surface area contributed by atoms with Gasteiger partial charge >= 0.3 is 0 Å². The van der Waals surface area contributed by atoms with E-state index in [-0.39, 0.29) is 16.4 Å². The zero-order valence-electron chi connectivity index (χ0n) is 15.5. The Morgan fingerprint density at radius 1 is 1.14 bits per heavy atom. The molecule has 156 valence electrons. The van der Waals surface area contributed by atoms with Crippen LogP contribution in [0.3, 0.4) is 0 Å². The Morgan fingerprint density at radius 3 is 2.52 bits per heavy atom. The lowest BCUT2D eigenvalue weighted by Gasteiger charge is -2.39. The highest BCUT2D eigenvalue weighted by Crippen LogP contribution is 2.30. The van der Waals surface area contributed by atoms with Crippen molar-refractivity contribution in [2.45, 2.75) is 30.7 Å². The Morgan fingerprint density at radius 2 is 1.86 bits per heavy atom. The summed E-state index contributed by atoms with van der Waals surface area (Å²) in [6.45, 7) is -0.565. The third-order valence-corrected chi connectivity index (χ3v) is 5.40. The second-order valence-corrected chi connectivity index (χ2v) is 7.32. The van der Waals surface area contributed by atoms with Gasteiger partial charge in [0.05, 0.1) is 13.7 Å². The number of ether oxygens (including phenoxy) is 3. The average Bonchev–Trinajstić information content (AvgIpc) is 3.21. The van der Waals surface area contributed by atoms with Crippen LogP contribution in [0.1, 0.15) is 15.2 Å². The van der Waals surface area contributed by atoms with Crippen LogP contribution in [0.2, 0.25) is 0 Å². The monoisotopic (exact) mass is 422 g/mol. The van der Waals surface area contributed by atoms with Gasteiger partial charge in [0, 0.05) is 0 Å². The molecule has 1 fully saturated rings. The molecule has 8 nitrogen and oxygen atoms in total. The molecule has 3 rings (SSSR count). The van der Waals surface area contributed by atoms with Gasteiger partial charge in [-0.3, -0.25) is 4.79 Å². The highest BCUT2D eigenvalue weighted by atomic mass is 32.1. The maximum Gasteiger partial charge on any atom is 0.229 e. The first-order valence-corrected chi connectivity index (χ1v) is 9.73. The third kappa shape index (κ3) is 4.84. The summed E-state index contributed by atoms with van der Waals surface area (Å²) in [4.78, 5) is 12.9. The molecule has 0 saturated carbocycles. The highest BCUT2D eigenvalue weighted by Gasteiger charge is 2.45. The van der Waals surface area contributed by atoms with E-state index in [9.17, 15) is 25.2 Å². The summed E-state index contributed by atoms with van der Waals surface area (Å²) in [6.07, 6.45) is -3.98. The van der Waals surface area contributed by atoms with Crippen molar-refractivity contribution in [1.29, 1.82) is 0 Å². The molecular formula is C20H22O8S. The summed E-state index contributed by atoms with van der Waals surface area (Å²) < 4.78 is 16.0. The molecule has 4 N–H and O–H groups in total. The summed E-state index contributed by atoms with van der Waals surface area (Å²) in [5.41, 5.74) is 0.812. The van der Waals surface area contributed by atoms with Crippen LogP contribution in [0, 0.1) is 0 Å². The van der Waals surface area contributed by atoms with Gasteiger partial charge in [-0.1, -0.05) is 18.2 Å². The minimum atomic E-state index is -1.56. The van der Waals surface area contributed by atoms with Gasteiger partial charge in [-0.05, 0) is 35.2 Å². The minimum absolute atomic E-state index is 0.170. The lowest BCUT2D eigenvalue weighted by Crippen LogP contribution is -2.60. The van der Waals surface area contributed by atoms with Crippen LogP contribution in [0.5, 0.6) is 11.5 Å². The summed E-state index contributed by atoms with van der Waals surface area (Å²) in [6, 6.07) is 8.72. The lowest BCUT2D eigenvalue weighted by atomic mass is 9.99. The second-order valence-electron chi connectivity index (χ2n) is 6.40. The molecular weight excluding hydrogens is 400 g/mol. The quantitative estimate of drug-likeness (QED) is 0.382. The van der Waals surface area contributed by atoms with Crippen molar-refractivity contribution in [3.05, 3.63) is 52.2 Å². The number of aliphatic hydroxyl groups is 4. The largest absolute Gasteiger partial charge is 0.497 e. The predicted octanol–water partition coefficient (Wildman–Crippen LogP) is 0.831. The Bertz CT molecular complexity index is 844. The Kier molecular flexibility index (Phi) is 7.01. The van der Waals surface area contributed by atoms with Crippen molar-refractivity contribution in [2.75, 3.05) is 13.7 Å². The minimum Gasteiger partial charge on any atom is -0.497 e. The van der Waals surface area contributed by atoms with Crippen LogP contribution < -0.4 is 9.47 Å². The van der Waals surface area contributed by atoms with Crippen LogP contribution in [0.4, 0.5) is 0 Å². The van der Waals surface area contributed by atoms with Gasteiger partial charge in [0.15, 0.2) is 5.78 Å². The van der Waals surface area contributed by atoms with Crippen molar-refractivity contribution >= 4 is 23.2 Å². The molecule has 9 heteroatoms. The number of aliphatic hydroxyl groups excluding tert-OH is 4. The Balaban J connectivity index is 1.71. The van der Waals surface area contributed by atoms with E-state index in [1.54, 1.807) is 36.8 Å². The van der Waals surface area contributed by atoms with Crippen molar-refractivity contribution in [3.8, 4) is 11.5 Å². The van der Waals surface area contributed by atoms with E-state index in [2.05, 4.69) is 0 Å². The van der Waals surface area contributed by atoms with Gasteiger partial charge in [0.2, 0.25) is 6.29 Å². The standard InChI is InChI=1S/C20H22O8S/c1-26-12-5-2-11(3-6-12)4-7-13(22)19-14(8-9-29-19)27-20-18(25)17(24)16(23)15(10-21)28-20/h2-9,15-18,20-21,23-25H,10H2,1H3/b7-4+. The molecule has 5 atom stereocenters. The molecule has 1 aromatic heterocycles. The van der Waals surface area contributed by atoms with E-state index < -0.39 is 37.3 Å². The fraction of sp³-hybridized carbons (Fsp3) is 0.350. The molecule has 0 spiro atoms. The molecule has 2 heterocycles. The molecule has 1 aliphatic heterocycles. The molecule has 0 aliphatic carbocycles. The van der Waals surface area contributed by atoms with E-state index in [0.29, 0.717) is 5.75 Å². The number of rotatable bonds is 7. The van der Waals surface area contributed by atoms with E-state index in [4.69, 9.17) is 14.2 Å². The topological polar surface area (TPSA) is 126 Å². The fourth-order valence-corrected chi connectivity index (χ4v) is 3.57. The van der Waals surface area contributed by atoms with Crippen LogP contribution in [-0.2, 0) is 4.74 Å². The maximum absolute atomic E-state index is 12.6. The van der Waals surface area contributed by atoms with Gasteiger partial charge in [0.25, 0.3) is 0 Å². The van der Waals surface area contributed by atoms with Crippen LogP contribution in [0.15, 0.2) is 41.8 Å². The van der Waals surface area contributed by atoms with Crippen molar-refractivity contribution in [3.63, 3.8) is 0 Å². The highest BCUT2D eigenvalue weighted by molar-refractivity contribution is 7.12. The summed E-state index contributed by atoms with van der Waals surface area (Å²) in [7, 11) is 1.57. The van der Waals surface area contributed by atoms with Gasteiger partial charge in [-0.25, -0.2) is 0 Å². The number of carbonyl (C=O) groups excluding carboxylic acids is 1. The molecule has 0 radical (unpaired) electrons. The molecule has 2 aromatic rings. The van der Waals surface area contributed by atoms with E-state index in [1.807, 2.05) is 12.1 Å². The molecule has 1 saturated heterocycles. The molecule has 0 bridgehead atoms. The zero-order chi connectivity index (χ0) is 21.0. The van der Waals surface area contributed by atoms with Gasteiger partial charge < -0.3 is 34.6 Å². The number of benzene rings is 1. The average molecular weight is 422 g/mol.